The number of hydrogen-bond acceptors (Lipinski definition) is 14. The van der Waals surface area contributed by atoms with Crippen molar-refractivity contribution < 1.29 is 49.8 Å². The first kappa shape index (κ1) is 80.5. The maximum absolute atomic E-state index is 13.2. The van der Waals surface area contributed by atoms with Crippen LogP contribution >= 0.6 is 0 Å². The van der Waals surface area contributed by atoms with E-state index in [1.165, 1.54) is 128 Å². The number of unbranched alkanes of at least 4 members (excludes halogenated alkanes) is 28. The van der Waals surface area contributed by atoms with Gasteiger partial charge in [0.15, 0.2) is 0 Å². The molecular weight excluding hydrogens is 1050 g/mol. The van der Waals surface area contributed by atoms with Crippen LogP contribution in [0, 0.1) is 0 Å². The van der Waals surface area contributed by atoms with Gasteiger partial charge in [-0.25, -0.2) is 0 Å². The Labute approximate surface area is 507 Å². The third-order valence-corrected chi connectivity index (χ3v) is 15.9. The van der Waals surface area contributed by atoms with E-state index >= 15 is 0 Å². The normalized spacial score (nSPS) is 13.3. The van der Waals surface area contributed by atoms with Gasteiger partial charge in [-0.1, -0.05) is 207 Å². The van der Waals surface area contributed by atoms with Gasteiger partial charge in [-0.3, -0.25) is 33.9 Å². The van der Waals surface area contributed by atoms with Gasteiger partial charge in [-0.2, -0.15) is 0 Å². The zero-order valence-corrected chi connectivity index (χ0v) is 53.9. The molecule has 18 nitrogen and oxygen atoms in total. The van der Waals surface area contributed by atoms with Crippen LogP contribution in [-0.2, 0) is 19.2 Å². The Balaban J connectivity index is 6.12. The monoisotopic (exact) mass is 1190 g/mol. The van der Waals surface area contributed by atoms with E-state index in [-0.39, 0.29) is 39.4 Å². The van der Waals surface area contributed by atoms with Crippen molar-refractivity contribution in [3.63, 3.8) is 0 Å². The average molecular weight is 1190 g/mol. The van der Waals surface area contributed by atoms with Crippen molar-refractivity contribution in [2.45, 2.75) is 277 Å². The van der Waals surface area contributed by atoms with Crippen LogP contribution in [0.5, 0.6) is 0 Å². The molecule has 4 atom stereocenters. The lowest BCUT2D eigenvalue weighted by Crippen LogP contribution is -2.49. The predicted octanol–water partition coefficient (Wildman–Crippen LogP) is 7.82. The quantitative estimate of drug-likeness (QED) is 0.0261. The van der Waals surface area contributed by atoms with Crippen LogP contribution in [0.4, 0.5) is 0 Å². The number of nitrogens with one attached hydrogen (secondary N) is 4. The number of amides is 4. The molecule has 492 valence electrons. The fourth-order valence-electron chi connectivity index (χ4n) is 10.7. The molecule has 4 unspecified atom stereocenters. The highest BCUT2D eigenvalue weighted by Crippen LogP contribution is 2.13. The van der Waals surface area contributed by atoms with Crippen LogP contribution in [0.3, 0.4) is 0 Å². The molecule has 0 aliphatic rings. The molecule has 0 spiro atoms. The molecule has 0 aromatic rings. The van der Waals surface area contributed by atoms with Gasteiger partial charge < -0.3 is 56.8 Å². The van der Waals surface area contributed by atoms with Crippen molar-refractivity contribution in [2.75, 3.05) is 118 Å². The molecule has 0 saturated carbocycles. The van der Waals surface area contributed by atoms with Crippen molar-refractivity contribution in [3.05, 3.63) is 0 Å². The Morgan fingerprint density at radius 2 is 0.446 bits per heavy atom. The number of carbonyl (C=O) groups is 4. The number of carbonyl (C=O) groups excluding carboxylic acids is 4. The van der Waals surface area contributed by atoms with E-state index in [4.69, 9.17) is 0 Å². The molecule has 83 heavy (non-hydrogen) atoms. The van der Waals surface area contributed by atoms with E-state index in [0.717, 1.165) is 83.5 Å². The summed E-state index contributed by atoms with van der Waals surface area (Å²) in [4.78, 5) is 60.7. The Bertz CT molecular complexity index is 1290. The van der Waals surface area contributed by atoms with Crippen molar-refractivity contribution in [2.24, 2.45) is 0 Å². The van der Waals surface area contributed by atoms with E-state index < -0.39 is 48.0 Å². The zero-order valence-electron chi connectivity index (χ0n) is 53.9. The van der Waals surface area contributed by atoms with Crippen molar-refractivity contribution in [3.8, 4) is 0 Å². The first-order valence-corrected chi connectivity index (χ1v) is 34.3. The highest BCUT2D eigenvalue weighted by Gasteiger charge is 2.26. The molecule has 0 fully saturated rings. The summed E-state index contributed by atoms with van der Waals surface area (Å²) in [7, 11) is 0. The van der Waals surface area contributed by atoms with Crippen molar-refractivity contribution in [1.29, 1.82) is 0 Å². The molecule has 0 bridgehead atoms. The summed E-state index contributed by atoms with van der Waals surface area (Å²) < 4.78 is 0. The van der Waals surface area contributed by atoms with Gasteiger partial charge in [0, 0.05) is 65.4 Å². The first-order valence-electron chi connectivity index (χ1n) is 34.3. The van der Waals surface area contributed by atoms with Gasteiger partial charge >= 0.3 is 0 Å². The molecule has 0 rings (SSSR count). The standard InChI is InChI=1S/C65H132N8O10/c1-5-9-13-17-21-25-29-33-40-66-62(80)58(76)54-72(55-59(77)63(81)67-41-34-30-26-22-18-14-10-6-2)48-38-45-70(44-37-47-71(50-52-74)51-53-75)46-39-49-73(56-60(78)64(82)68-42-35-31-27-23-19-15-11-7-3)57-61(79)65(83)69-43-36-32-28-24-20-16-12-8-4/h58-61,74-79H,5-57H2,1-4H3,(H,66,80)(H,67,81)(H,68,82)(H,69,83). The van der Waals surface area contributed by atoms with Gasteiger partial charge in [-0.15, -0.1) is 0 Å². The first-order chi connectivity index (χ1) is 40.4. The predicted molar refractivity (Wildman–Crippen MR) is 340 cm³/mol. The SMILES string of the molecule is CCCCCCCCCCNC(=O)C(O)CN(CCCN(CCCN(CCO)CCO)CCCN(CC(O)C(=O)NCCCCCCCCCC)CC(O)C(=O)NCCCCCCCCCC)CC(O)C(=O)NCCCCCCCCCC. The largest absolute Gasteiger partial charge is 0.395 e. The lowest BCUT2D eigenvalue weighted by Gasteiger charge is -2.30. The molecule has 0 radical (unpaired) electrons. The fraction of sp³-hybridized carbons (Fsp3) is 0.938. The third kappa shape index (κ3) is 50.2. The van der Waals surface area contributed by atoms with Crippen LogP contribution in [0.2, 0.25) is 0 Å². The lowest BCUT2D eigenvalue weighted by molar-refractivity contribution is -0.133. The number of aliphatic hydroxyl groups is 6. The highest BCUT2D eigenvalue weighted by atomic mass is 16.3. The summed E-state index contributed by atoms with van der Waals surface area (Å²) in [6.45, 7) is 14.4. The van der Waals surface area contributed by atoms with Gasteiger partial charge in [0.1, 0.15) is 24.4 Å². The van der Waals surface area contributed by atoms with Gasteiger partial charge in [0.25, 0.3) is 0 Å². The number of rotatable bonds is 64. The van der Waals surface area contributed by atoms with Crippen molar-refractivity contribution >= 4 is 23.6 Å². The maximum Gasteiger partial charge on any atom is 0.250 e. The molecule has 0 aliphatic heterocycles. The van der Waals surface area contributed by atoms with Crippen molar-refractivity contribution in [1.82, 2.24) is 40.9 Å². The minimum Gasteiger partial charge on any atom is -0.395 e. The van der Waals surface area contributed by atoms with E-state index in [1.54, 1.807) is 9.80 Å². The zero-order chi connectivity index (χ0) is 61.2. The molecule has 0 saturated heterocycles. The fourth-order valence-corrected chi connectivity index (χ4v) is 10.7. The summed E-state index contributed by atoms with van der Waals surface area (Å²) >= 11 is 0. The average Bonchev–Trinajstić information content (AvgIpc) is 3.47. The molecule has 0 aromatic heterocycles. The maximum atomic E-state index is 13.2. The highest BCUT2D eigenvalue weighted by molar-refractivity contribution is 5.82. The van der Waals surface area contributed by atoms with Crippen LogP contribution in [0.15, 0.2) is 0 Å². The molecular formula is C65H132N8O10. The van der Waals surface area contributed by atoms with Gasteiger partial charge in [0.05, 0.1) is 13.2 Å². The summed E-state index contributed by atoms with van der Waals surface area (Å²) in [6.07, 6.45) is 32.6. The summed E-state index contributed by atoms with van der Waals surface area (Å²) in [6, 6.07) is 0. The minimum atomic E-state index is -1.37. The van der Waals surface area contributed by atoms with Gasteiger partial charge in [-0.05, 0) is 84.2 Å². The summed E-state index contributed by atoms with van der Waals surface area (Å²) in [5.41, 5.74) is 0. The molecule has 0 aromatic carbocycles. The Morgan fingerprint density at radius 3 is 0.651 bits per heavy atom. The number of aliphatic hydroxyl groups excluding tert-OH is 6. The van der Waals surface area contributed by atoms with E-state index in [9.17, 15) is 49.8 Å². The second-order valence-electron chi connectivity index (χ2n) is 23.8. The molecule has 18 heteroatoms. The van der Waals surface area contributed by atoms with E-state index in [1.807, 2.05) is 4.90 Å². The van der Waals surface area contributed by atoms with Crippen LogP contribution in [0.25, 0.3) is 0 Å². The van der Waals surface area contributed by atoms with Gasteiger partial charge in [0.2, 0.25) is 23.6 Å². The second-order valence-corrected chi connectivity index (χ2v) is 23.8. The Kier molecular flexibility index (Phi) is 58.0. The lowest BCUT2D eigenvalue weighted by atomic mass is 10.1. The summed E-state index contributed by atoms with van der Waals surface area (Å²) in [5, 5.41) is 75.8. The Morgan fingerprint density at radius 1 is 0.265 bits per heavy atom. The number of hydrogen-bond donors (Lipinski definition) is 10. The smallest absolute Gasteiger partial charge is 0.250 e. The number of nitrogens with zero attached hydrogens (tertiary/aromatic N) is 4. The topological polar surface area (TPSA) is 251 Å². The molecule has 0 heterocycles. The summed E-state index contributed by atoms with van der Waals surface area (Å²) in [5.74, 6) is -1.92. The minimum absolute atomic E-state index is 0.0341. The van der Waals surface area contributed by atoms with E-state index in [2.05, 4.69) is 53.9 Å². The Hall–Kier alpha value is -2.52. The molecule has 0 aliphatic carbocycles. The second kappa shape index (κ2) is 59.8. The molecule has 10 N–H and O–H groups in total. The molecule has 4 amide bonds. The van der Waals surface area contributed by atoms with Crippen LogP contribution in [0.1, 0.15) is 252 Å². The van der Waals surface area contributed by atoms with Crippen LogP contribution in [-0.4, -0.2) is 216 Å². The third-order valence-electron chi connectivity index (χ3n) is 15.9. The van der Waals surface area contributed by atoms with Crippen LogP contribution < -0.4 is 21.3 Å². The van der Waals surface area contributed by atoms with E-state index in [0.29, 0.717) is 91.4 Å².